The van der Waals surface area contributed by atoms with Crippen LogP contribution in [0.4, 0.5) is 11.4 Å². The van der Waals surface area contributed by atoms with Crippen molar-refractivity contribution in [3.63, 3.8) is 0 Å². The summed E-state index contributed by atoms with van der Waals surface area (Å²) in [5, 5.41) is 0. The SMILES string of the molecule is CC1(C)C2=C(CCC(N(c3ccc(-c4ccccc4)cc3)c3ccc(-c4ccc5c(c4)-c4c6cccc4C4C=CC=CC4c4c-5cccc4-6)cc3)=C2)c2ccccc21. The summed E-state index contributed by atoms with van der Waals surface area (Å²) in [6, 6.07) is 59.3. The third-order valence-electron chi connectivity index (χ3n) is 13.7. The van der Waals surface area contributed by atoms with E-state index in [2.05, 4.69) is 207 Å². The zero-order valence-electron chi connectivity index (χ0n) is 32.9. The highest BCUT2D eigenvalue weighted by Gasteiger charge is 2.39. The summed E-state index contributed by atoms with van der Waals surface area (Å²) in [5.74, 6) is 0.668. The molecule has 2 unspecified atom stereocenters. The van der Waals surface area contributed by atoms with E-state index < -0.39 is 0 Å². The first-order chi connectivity index (χ1) is 28.5. The van der Waals surface area contributed by atoms with Crippen molar-refractivity contribution in [2.45, 2.75) is 43.9 Å². The Balaban J connectivity index is 0.964. The molecule has 2 atom stereocenters. The first kappa shape index (κ1) is 33.4. The van der Waals surface area contributed by atoms with Gasteiger partial charge in [0.05, 0.1) is 0 Å². The van der Waals surface area contributed by atoms with Crippen LogP contribution in [0.1, 0.15) is 60.8 Å². The van der Waals surface area contributed by atoms with Crippen LogP contribution >= 0.6 is 0 Å². The normalized spacial score (nSPS) is 18.4. The van der Waals surface area contributed by atoms with Crippen LogP contribution < -0.4 is 4.90 Å². The fourth-order valence-electron chi connectivity index (χ4n) is 11.0. The van der Waals surface area contributed by atoms with Gasteiger partial charge in [0.25, 0.3) is 0 Å². The maximum absolute atomic E-state index is 2.51. The van der Waals surface area contributed by atoms with E-state index >= 15 is 0 Å². The van der Waals surface area contributed by atoms with Gasteiger partial charge < -0.3 is 4.90 Å². The number of nitrogens with zero attached hydrogens (tertiary/aromatic N) is 1. The van der Waals surface area contributed by atoms with E-state index in [1.165, 1.54) is 106 Å². The van der Waals surface area contributed by atoms with Crippen molar-refractivity contribution in [3.8, 4) is 55.6 Å². The van der Waals surface area contributed by atoms with E-state index in [0.717, 1.165) is 12.8 Å². The molecule has 0 N–H and O–H groups in total. The van der Waals surface area contributed by atoms with Crippen LogP contribution in [0, 0.1) is 0 Å². The fraction of sp³-hybridized carbons (Fsp3) is 0.123. The average Bonchev–Trinajstić information content (AvgIpc) is 3.44. The molecule has 1 heteroatoms. The monoisotopic (exact) mass is 741 g/mol. The Morgan fingerprint density at radius 2 is 1.09 bits per heavy atom. The molecule has 1 nitrogen and oxygen atoms in total. The van der Waals surface area contributed by atoms with Gasteiger partial charge in [-0.25, -0.2) is 0 Å². The lowest BCUT2D eigenvalue weighted by Gasteiger charge is -2.33. The van der Waals surface area contributed by atoms with Gasteiger partial charge in [-0.2, -0.15) is 0 Å². The molecule has 7 aromatic carbocycles. The largest absolute Gasteiger partial charge is 0.314 e. The third-order valence-corrected chi connectivity index (χ3v) is 13.7. The molecule has 5 aliphatic carbocycles. The molecule has 0 radical (unpaired) electrons. The number of benzene rings is 7. The summed E-state index contributed by atoms with van der Waals surface area (Å²) in [6.07, 6.45) is 13.8. The molecule has 5 aliphatic rings. The first-order valence-electron chi connectivity index (χ1n) is 20.9. The lowest BCUT2D eigenvalue weighted by atomic mass is 9.73. The van der Waals surface area contributed by atoms with Gasteiger partial charge in [0.2, 0.25) is 0 Å². The minimum atomic E-state index is -0.0406. The zero-order chi connectivity index (χ0) is 38.5. The Labute approximate surface area is 341 Å². The highest BCUT2D eigenvalue weighted by molar-refractivity contribution is 6.02. The highest BCUT2D eigenvalue weighted by Crippen LogP contribution is 2.58. The molecule has 276 valence electrons. The van der Waals surface area contributed by atoms with Crippen LogP contribution in [-0.4, -0.2) is 0 Å². The molecule has 0 aromatic heterocycles. The lowest BCUT2D eigenvalue weighted by Crippen LogP contribution is -2.22. The molecule has 0 heterocycles. The molecule has 6 bridgehead atoms. The van der Waals surface area contributed by atoms with Crippen molar-refractivity contribution in [1.29, 1.82) is 0 Å². The molecule has 58 heavy (non-hydrogen) atoms. The van der Waals surface area contributed by atoms with Crippen LogP contribution in [0.15, 0.2) is 199 Å². The Hall–Kier alpha value is -6.70. The smallest absolute Gasteiger partial charge is 0.0458 e. The summed E-state index contributed by atoms with van der Waals surface area (Å²) >= 11 is 0. The number of rotatable bonds is 5. The van der Waals surface area contributed by atoms with Gasteiger partial charge in [-0.05, 0) is 138 Å². The molecule has 0 fully saturated rings. The van der Waals surface area contributed by atoms with Gasteiger partial charge in [0.1, 0.15) is 0 Å². The maximum atomic E-state index is 2.51. The van der Waals surface area contributed by atoms with E-state index in [-0.39, 0.29) is 5.41 Å². The molecule has 0 saturated heterocycles. The van der Waals surface area contributed by atoms with Gasteiger partial charge in [-0.15, -0.1) is 0 Å². The van der Waals surface area contributed by atoms with Crippen LogP contribution in [0.2, 0.25) is 0 Å². The first-order valence-corrected chi connectivity index (χ1v) is 20.9. The quantitative estimate of drug-likeness (QED) is 0.170. The Morgan fingerprint density at radius 3 is 1.86 bits per heavy atom. The summed E-state index contributed by atoms with van der Waals surface area (Å²) < 4.78 is 0. The maximum Gasteiger partial charge on any atom is 0.0458 e. The summed E-state index contributed by atoms with van der Waals surface area (Å²) in [5.41, 5.74) is 25.5. The second kappa shape index (κ2) is 12.7. The molecule has 0 saturated carbocycles. The topological polar surface area (TPSA) is 3.24 Å². The van der Waals surface area contributed by atoms with E-state index in [1.54, 1.807) is 0 Å². The molecule has 0 spiro atoms. The second-order valence-electron chi connectivity index (χ2n) is 17.1. The van der Waals surface area contributed by atoms with Gasteiger partial charge in [0.15, 0.2) is 0 Å². The minimum Gasteiger partial charge on any atom is -0.314 e. The zero-order valence-corrected chi connectivity index (χ0v) is 32.9. The Morgan fingerprint density at radius 1 is 0.483 bits per heavy atom. The van der Waals surface area contributed by atoms with Crippen molar-refractivity contribution in [2.75, 3.05) is 4.90 Å². The van der Waals surface area contributed by atoms with Crippen LogP contribution in [0.3, 0.4) is 0 Å². The molecule has 12 rings (SSSR count). The summed E-state index contributed by atoms with van der Waals surface area (Å²) in [7, 11) is 0. The van der Waals surface area contributed by atoms with Crippen molar-refractivity contribution >= 4 is 16.9 Å². The highest BCUT2D eigenvalue weighted by atomic mass is 15.1. The number of allylic oxidation sites excluding steroid dienone is 8. The van der Waals surface area contributed by atoms with Gasteiger partial charge in [0, 0.05) is 34.3 Å². The van der Waals surface area contributed by atoms with Crippen molar-refractivity contribution in [3.05, 3.63) is 222 Å². The van der Waals surface area contributed by atoms with Crippen molar-refractivity contribution < 1.29 is 0 Å². The lowest BCUT2D eigenvalue weighted by molar-refractivity contribution is 0.648. The predicted molar refractivity (Wildman–Crippen MR) is 243 cm³/mol. The van der Waals surface area contributed by atoms with E-state index in [4.69, 9.17) is 0 Å². The molecule has 0 amide bonds. The van der Waals surface area contributed by atoms with Crippen LogP contribution in [0.25, 0.3) is 61.2 Å². The molecule has 7 aromatic rings. The Bertz CT molecular complexity index is 2950. The van der Waals surface area contributed by atoms with Gasteiger partial charge in [-0.1, -0.05) is 166 Å². The Kier molecular flexibility index (Phi) is 7.29. The van der Waals surface area contributed by atoms with E-state index in [1.807, 2.05) is 0 Å². The third kappa shape index (κ3) is 4.89. The van der Waals surface area contributed by atoms with Gasteiger partial charge >= 0.3 is 0 Å². The van der Waals surface area contributed by atoms with Crippen molar-refractivity contribution in [2.24, 2.45) is 0 Å². The summed E-state index contributed by atoms with van der Waals surface area (Å²) in [4.78, 5) is 2.50. The van der Waals surface area contributed by atoms with Crippen LogP contribution in [-0.2, 0) is 5.41 Å². The average molecular weight is 742 g/mol. The van der Waals surface area contributed by atoms with Crippen LogP contribution in [0.5, 0.6) is 0 Å². The fourth-order valence-corrected chi connectivity index (χ4v) is 11.0. The van der Waals surface area contributed by atoms with E-state index in [9.17, 15) is 0 Å². The molecule has 0 aliphatic heterocycles. The number of fused-ring (bicyclic) bond motifs is 6. The molecular formula is C57H43N. The number of hydrogen-bond donors (Lipinski definition) is 0. The van der Waals surface area contributed by atoms with E-state index in [0.29, 0.717) is 11.8 Å². The minimum absolute atomic E-state index is 0.0406. The number of hydrogen-bond acceptors (Lipinski definition) is 1. The van der Waals surface area contributed by atoms with Crippen molar-refractivity contribution in [1.82, 2.24) is 0 Å². The second-order valence-corrected chi connectivity index (χ2v) is 17.1. The summed E-state index contributed by atoms with van der Waals surface area (Å²) in [6.45, 7) is 4.79. The predicted octanol–water partition coefficient (Wildman–Crippen LogP) is 15.2. The number of anilines is 2. The standard InChI is InChI=1S/C57H43N/c1-57(2)53-21-9-8-15-45(53)46-33-31-42(35-54(46)57)58(40-27-22-37(23-28-40)36-12-4-3-5-13-36)41-29-24-38(25-30-41)39-26-32-44-49-18-11-19-50-51-20-10-17-48(56(51)52(44)34-39)43-14-6-7-16-47(43)55(49)50/h3-30,32,34-35,43,47H,31,33H2,1-2H3. The van der Waals surface area contributed by atoms with Gasteiger partial charge in [-0.3, -0.25) is 0 Å². The molecular weight excluding hydrogens is 699 g/mol.